The summed E-state index contributed by atoms with van der Waals surface area (Å²) in [5.74, 6) is 0.338. The van der Waals surface area contributed by atoms with Gasteiger partial charge in [0.05, 0.1) is 18.0 Å². The highest BCUT2D eigenvalue weighted by Crippen LogP contribution is 2.32. The number of likely N-dealkylation sites (N-methyl/N-ethyl adjacent to an activating group) is 1. The molecule has 157 valence electrons. The van der Waals surface area contributed by atoms with Crippen LogP contribution >= 0.6 is 0 Å². The average Bonchev–Trinajstić information content (AvgIpc) is 2.74. The number of Topliss-reactive ketones (excluding diaryl/α,β-unsaturated/α-hetero) is 1. The Morgan fingerprint density at radius 2 is 2.07 bits per heavy atom. The van der Waals surface area contributed by atoms with Crippen molar-refractivity contribution in [2.75, 3.05) is 19.6 Å². The summed E-state index contributed by atoms with van der Waals surface area (Å²) in [5, 5.41) is 9.67. The normalized spacial score (nSPS) is 16.9. The quantitative estimate of drug-likeness (QED) is 0.663. The van der Waals surface area contributed by atoms with Crippen molar-refractivity contribution in [1.29, 1.82) is 5.26 Å². The second-order valence-electron chi connectivity index (χ2n) is 8.15. The van der Waals surface area contributed by atoms with E-state index in [9.17, 15) is 14.9 Å². The summed E-state index contributed by atoms with van der Waals surface area (Å²) >= 11 is 0. The number of hydrogen-bond donors (Lipinski definition) is 0. The largest absolute Gasteiger partial charge is 0.325 e. The summed E-state index contributed by atoms with van der Waals surface area (Å²) in [5.41, 5.74) is 0.938. The Labute approximate surface area is 174 Å². The van der Waals surface area contributed by atoms with Crippen molar-refractivity contribution in [3.63, 3.8) is 0 Å². The van der Waals surface area contributed by atoms with Gasteiger partial charge < -0.3 is 9.80 Å². The van der Waals surface area contributed by atoms with E-state index >= 15 is 0 Å². The molecule has 0 spiro atoms. The van der Waals surface area contributed by atoms with E-state index in [0.717, 1.165) is 18.4 Å². The zero-order valence-corrected chi connectivity index (χ0v) is 17.9. The monoisotopic (exact) mass is 397 g/mol. The number of piperidine rings is 1. The molecule has 6 heteroatoms. The van der Waals surface area contributed by atoms with Gasteiger partial charge in [0.1, 0.15) is 0 Å². The second-order valence-corrected chi connectivity index (χ2v) is 8.15. The lowest BCUT2D eigenvalue weighted by atomic mass is 9.81. The minimum absolute atomic E-state index is 0.0184. The van der Waals surface area contributed by atoms with Gasteiger partial charge in [-0.1, -0.05) is 19.9 Å². The fraction of sp³-hybridized carbons (Fsp3) is 0.609. The number of hydrogen-bond acceptors (Lipinski definition) is 4. The number of rotatable bonds is 8. The van der Waals surface area contributed by atoms with Crippen molar-refractivity contribution in [2.24, 2.45) is 11.8 Å². The van der Waals surface area contributed by atoms with Gasteiger partial charge in [0, 0.05) is 38.4 Å². The molecule has 1 unspecified atom stereocenters. The molecule has 29 heavy (non-hydrogen) atoms. The highest BCUT2D eigenvalue weighted by Gasteiger charge is 2.34. The van der Waals surface area contributed by atoms with Crippen molar-refractivity contribution in [2.45, 2.75) is 58.4 Å². The summed E-state index contributed by atoms with van der Waals surface area (Å²) < 4.78 is 0. The molecule has 0 N–H and O–H groups in total. The predicted molar refractivity (Wildman–Crippen MR) is 113 cm³/mol. The lowest BCUT2D eigenvalue weighted by molar-refractivity contribution is -0.123. The van der Waals surface area contributed by atoms with Crippen LogP contribution in [0.2, 0.25) is 0 Å². The number of nitrogens with zero attached hydrogens (tertiary/aromatic N) is 4. The third-order valence-corrected chi connectivity index (χ3v) is 5.74. The maximum Gasteiger partial charge on any atom is 0.320 e. The Morgan fingerprint density at radius 3 is 2.55 bits per heavy atom. The van der Waals surface area contributed by atoms with E-state index < -0.39 is 6.04 Å². The van der Waals surface area contributed by atoms with E-state index in [1.807, 2.05) is 24.0 Å². The maximum atomic E-state index is 13.2. The topological polar surface area (TPSA) is 77.3 Å². The predicted octanol–water partition coefficient (Wildman–Crippen LogP) is 4.05. The van der Waals surface area contributed by atoms with Crippen LogP contribution in [-0.4, -0.2) is 52.3 Å². The van der Waals surface area contributed by atoms with E-state index in [1.165, 1.54) is 0 Å². The van der Waals surface area contributed by atoms with Crippen molar-refractivity contribution < 1.29 is 9.59 Å². The number of aromatic nitrogens is 1. The van der Waals surface area contributed by atoms with E-state index in [4.69, 9.17) is 0 Å². The molecule has 2 rings (SSSR count). The molecule has 2 heterocycles. The van der Waals surface area contributed by atoms with Crippen LogP contribution in [-0.2, 0) is 4.79 Å². The molecule has 1 fully saturated rings. The summed E-state index contributed by atoms with van der Waals surface area (Å²) in [4.78, 5) is 33.3. The van der Waals surface area contributed by atoms with Gasteiger partial charge in [-0.2, -0.15) is 5.26 Å². The highest BCUT2D eigenvalue weighted by atomic mass is 16.2. The minimum atomic E-state index is -0.412. The van der Waals surface area contributed by atoms with Crippen molar-refractivity contribution >= 4 is 11.8 Å². The standard InChI is InChI=1S/C23H33N4O2/c1-5-22(28)21(14-17(3)4)27(6-2)23(29)26-12-9-18(10-13-26)20(15-24)19-8-7-11-25-16-19/h7-8,11,16-18,20-21H,1,5-6,9-10,12-14H2,2-4H3/t20?,21-/m0/s1. The van der Waals surface area contributed by atoms with Crippen molar-refractivity contribution in [3.8, 4) is 6.07 Å². The fourth-order valence-electron chi connectivity index (χ4n) is 4.15. The summed E-state index contributed by atoms with van der Waals surface area (Å²) in [6, 6.07) is 5.73. The van der Waals surface area contributed by atoms with Crippen LogP contribution in [0.15, 0.2) is 24.5 Å². The zero-order valence-electron chi connectivity index (χ0n) is 17.9. The molecule has 0 saturated carbocycles. The molecular formula is C23H33N4O2. The van der Waals surface area contributed by atoms with Crippen molar-refractivity contribution in [3.05, 3.63) is 37.0 Å². The molecule has 1 aliphatic rings. The Kier molecular flexibility index (Phi) is 8.63. The molecule has 1 aliphatic heterocycles. The Morgan fingerprint density at radius 1 is 1.38 bits per heavy atom. The molecule has 1 aromatic rings. The Hall–Kier alpha value is -2.42. The molecule has 6 nitrogen and oxygen atoms in total. The van der Waals surface area contributed by atoms with Crippen LogP contribution in [0.5, 0.6) is 0 Å². The Balaban J connectivity index is 2.05. The van der Waals surface area contributed by atoms with E-state index in [1.54, 1.807) is 17.3 Å². The number of amides is 2. The lowest BCUT2D eigenvalue weighted by Crippen LogP contribution is -2.53. The van der Waals surface area contributed by atoms with E-state index in [0.29, 0.717) is 32.0 Å². The first-order chi connectivity index (χ1) is 13.9. The Bertz CT molecular complexity index is 705. The number of carbonyl (C=O) groups excluding carboxylic acids is 2. The SMILES string of the molecule is [CH2]CC(=O)[C@H](CC(C)C)N(CC)C(=O)N1CCC(C(C#N)c2cccnc2)CC1. The third-order valence-electron chi connectivity index (χ3n) is 5.74. The van der Waals surface area contributed by atoms with Crippen LogP contribution in [0.4, 0.5) is 4.79 Å². The summed E-state index contributed by atoms with van der Waals surface area (Å²) in [7, 11) is 0. The summed E-state index contributed by atoms with van der Waals surface area (Å²) in [6.45, 7) is 11.5. The number of pyridine rings is 1. The van der Waals surface area contributed by atoms with Gasteiger partial charge in [-0.15, -0.1) is 0 Å². The molecule has 1 radical (unpaired) electrons. The van der Waals surface area contributed by atoms with Crippen LogP contribution in [0.3, 0.4) is 0 Å². The van der Waals surface area contributed by atoms with Gasteiger partial charge in [-0.3, -0.25) is 9.78 Å². The van der Waals surface area contributed by atoms with Gasteiger partial charge in [-0.05, 0) is 56.6 Å². The number of nitriles is 1. The molecule has 0 aliphatic carbocycles. The van der Waals surface area contributed by atoms with E-state index in [2.05, 4.69) is 31.8 Å². The smallest absolute Gasteiger partial charge is 0.320 e. The van der Waals surface area contributed by atoms with Gasteiger partial charge in [0.2, 0.25) is 0 Å². The molecule has 2 amide bonds. The van der Waals surface area contributed by atoms with E-state index in [-0.39, 0.29) is 30.1 Å². The molecule has 0 bridgehead atoms. The second kappa shape index (κ2) is 10.9. The number of urea groups is 1. The first-order valence-corrected chi connectivity index (χ1v) is 10.6. The first-order valence-electron chi connectivity index (χ1n) is 10.6. The number of carbonyl (C=O) groups is 2. The molecule has 1 saturated heterocycles. The van der Waals surface area contributed by atoms with Gasteiger partial charge in [-0.25, -0.2) is 4.79 Å². The van der Waals surface area contributed by atoms with Crippen molar-refractivity contribution in [1.82, 2.24) is 14.8 Å². The molecule has 2 atom stereocenters. The first kappa shape index (κ1) is 22.9. The lowest BCUT2D eigenvalue weighted by Gasteiger charge is -2.39. The summed E-state index contributed by atoms with van der Waals surface area (Å²) in [6.07, 6.45) is 5.85. The third kappa shape index (κ3) is 5.79. The van der Waals surface area contributed by atoms with Crippen LogP contribution in [0.25, 0.3) is 0 Å². The maximum absolute atomic E-state index is 13.2. The van der Waals surface area contributed by atoms with Gasteiger partial charge in [0.25, 0.3) is 0 Å². The molecule has 0 aromatic carbocycles. The minimum Gasteiger partial charge on any atom is -0.325 e. The number of ketones is 1. The van der Waals surface area contributed by atoms with Gasteiger partial charge >= 0.3 is 6.03 Å². The highest BCUT2D eigenvalue weighted by molar-refractivity contribution is 5.89. The zero-order chi connectivity index (χ0) is 21.4. The number of likely N-dealkylation sites (tertiary alicyclic amines) is 1. The van der Waals surface area contributed by atoms with Crippen LogP contribution in [0.1, 0.15) is 57.9 Å². The van der Waals surface area contributed by atoms with Crippen LogP contribution < -0.4 is 0 Å². The molecular weight excluding hydrogens is 364 g/mol. The van der Waals surface area contributed by atoms with Crippen LogP contribution in [0, 0.1) is 30.1 Å². The fourth-order valence-corrected chi connectivity index (χ4v) is 4.15. The molecule has 1 aromatic heterocycles. The van der Waals surface area contributed by atoms with Gasteiger partial charge in [0.15, 0.2) is 5.78 Å². The average molecular weight is 398 g/mol.